The summed E-state index contributed by atoms with van der Waals surface area (Å²) in [6.07, 6.45) is 4.18. The van der Waals surface area contributed by atoms with Gasteiger partial charge in [-0.2, -0.15) is 0 Å². The molecule has 0 aromatic heterocycles. The maximum Gasteiger partial charge on any atom is 0.315 e. The standard InChI is InChI=1S/C11H23N3O/c1-3-7-13-10(15)14-11(4-2)6-5-8-12-9-11/h12H,3-9H2,1-2H3,(H2,13,14,15). The summed E-state index contributed by atoms with van der Waals surface area (Å²) in [4.78, 5) is 11.6. The molecular weight excluding hydrogens is 190 g/mol. The molecule has 0 aromatic carbocycles. The van der Waals surface area contributed by atoms with Gasteiger partial charge in [-0.3, -0.25) is 0 Å². The molecule has 4 nitrogen and oxygen atoms in total. The highest BCUT2D eigenvalue weighted by atomic mass is 16.2. The number of urea groups is 1. The van der Waals surface area contributed by atoms with E-state index in [4.69, 9.17) is 0 Å². The van der Waals surface area contributed by atoms with Crippen molar-refractivity contribution in [3.05, 3.63) is 0 Å². The van der Waals surface area contributed by atoms with Crippen LogP contribution >= 0.6 is 0 Å². The summed E-state index contributed by atoms with van der Waals surface area (Å²) >= 11 is 0. The first-order valence-electron chi connectivity index (χ1n) is 5.99. The topological polar surface area (TPSA) is 53.2 Å². The van der Waals surface area contributed by atoms with Crippen LogP contribution in [0.1, 0.15) is 39.5 Å². The molecule has 4 heteroatoms. The van der Waals surface area contributed by atoms with Gasteiger partial charge < -0.3 is 16.0 Å². The second kappa shape index (κ2) is 5.95. The van der Waals surface area contributed by atoms with Crippen molar-refractivity contribution in [2.24, 2.45) is 0 Å². The van der Waals surface area contributed by atoms with E-state index in [-0.39, 0.29) is 11.6 Å². The first-order chi connectivity index (χ1) is 7.22. The molecule has 88 valence electrons. The second-order valence-electron chi connectivity index (χ2n) is 4.30. The van der Waals surface area contributed by atoms with E-state index < -0.39 is 0 Å². The Bertz CT molecular complexity index is 200. The predicted molar refractivity (Wildman–Crippen MR) is 62.0 cm³/mol. The van der Waals surface area contributed by atoms with Crippen LogP contribution in [0.25, 0.3) is 0 Å². The molecule has 0 saturated carbocycles. The van der Waals surface area contributed by atoms with Crippen LogP contribution in [0, 0.1) is 0 Å². The van der Waals surface area contributed by atoms with Crippen LogP contribution in [-0.2, 0) is 0 Å². The Labute approximate surface area is 92.2 Å². The molecule has 0 bridgehead atoms. The Morgan fingerprint density at radius 1 is 1.47 bits per heavy atom. The third-order valence-corrected chi connectivity index (χ3v) is 3.06. The average molecular weight is 213 g/mol. The zero-order valence-electron chi connectivity index (χ0n) is 9.86. The van der Waals surface area contributed by atoms with Crippen LogP contribution in [0.3, 0.4) is 0 Å². The number of hydrogen-bond donors (Lipinski definition) is 3. The summed E-state index contributed by atoms with van der Waals surface area (Å²) in [6, 6.07) is -0.0256. The van der Waals surface area contributed by atoms with Gasteiger partial charge in [0.25, 0.3) is 0 Å². The van der Waals surface area contributed by atoms with Crippen LogP contribution in [0.2, 0.25) is 0 Å². The van der Waals surface area contributed by atoms with Crippen molar-refractivity contribution in [3.8, 4) is 0 Å². The molecule has 1 aliphatic rings. The molecule has 1 unspecified atom stereocenters. The van der Waals surface area contributed by atoms with Gasteiger partial charge in [-0.1, -0.05) is 13.8 Å². The van der Waals surface area contributed by atoms with E-state index in [2.05, 4.69) is 29.8 Å². The van der Waals surface area contributed by atoms with Crippen molar-refractivity contribution in [2.45, 2.75) is 45.1 Å². The van der Waals surface area contributed by atoms with Crippen LogP contribution < -0.4 is 16.0 Å². The molecule has 3 N–H and O–H groups in total. The zero-order chi connectivity index (χ0) is 11.1. The van der Waals surface area contributed by atoms with Gasteiger partial charge >= 0.3 is 6.03 Å². The summed E-state index contributed by atoms with van der Waals surface area (Å²) in [5.41, 5.74) is -0.0317. The number of carbonyl (C=O) groups excluding carboxylic acids is 1. The lowest BCUT2D eigenvalue weighted by Crippen LogP contribution is -2.59. The van der Waals surface area contributed by atoms with Gasteiger partial charge in [-0.25, -0.2) is 4.79 Å². The number of amides is 2. The van der Waals surface area contributed by atoms with Gasteiger partial charge in [0.1, 0.15) is 0 Å². The van der Waals surface area contributed by atoms with Crippen molar-refractivity contribution >= 4 is 6.03 Å². The number of carbonyl (C=O) groups is 1. The summed E-state index contributed by atoms with van der Waals surface area (Å²) in [6.45, 7) is 6.90. The van der Waals surface area contributed by atoms with E-state index in [1.54, 1.807) is 0 Å². The lowest BCUT2D eigenvalue weighted by atomic mass is 9.87. The largest absolute Gasteiger partial charge is 0.338 e. The molecule has 1 fully saturated rings. The molecule has 2 amide bonds. The lowest BCUT2D eigenvalue weighted by Gasteiger charge is -2.37. The van der Waals surface area contributed by atoms with Crippen LogP contribution in [0.15, 0.2) is 0 Å². The molecule has 15 heavy (non-hydrogen) atoms. The first-order valence-corrected chi connectivity index (χ1v) is 5.99. The van der Waals surface area contributed by atoms with E-state index >= 15 is 0 Å². The number of piperidine rings is 1. The summed E-state index contributed by atoms with van der Waals surface area (Å²) in [5, 5.41) is 9.31. The zero-order valence-corrected chi connectivity index (χ0v) is 9.86. The molecule has 0 aromatic rings. The molecule has 1 atom stereocenters. The maximum atomic E-state index is 11.6. The maximum absolute atomic E-state index is 11.6. The van der Waals surface area contributed by atoms with E-state index in [9.17, 15) is 4.79 Å². The summed E-state index contributed by atoms with van der Waals surface area (Å²) in [7, 11) is 0. The fourth-order valence-corrected chi connectivity index (χ4v) is 1.99. The van der Waals surface area contributed by atoms with Crippen LogP contribution in [0.4, 0.5) is 4.79 Å². The minimum Gasteiger partial charge on any atom is -0.338 e. The highest BCUT2D eigenvalue weighted by Gasteiger charge is 2.31. The molecule has 0 radical (unpaired) electrons. The Morgan fingerprint density at radius 2 is 2.27 bits per heavy atom. The Balaban J connectivity index is 2.40. The average Bonchev–Trinajstić information content (AvgIpc) is 2.27. The van der Waals surface area contributed by atoms with Gasteiger partial charge in [0, 0.05) is 13.1 Å². The quantitative estimate of drug-likeness (QED) is 0.658. The summed E-state index contributed by atoms with van der Waals surface area (Å²) < 4.78 is 0. The van der Waals surface area contributed by atoms with Gasteiger partial charge in [0.15, 0.2) is 0 Å². The molecule has 0 spiro atoms. The highest BCUT2D eigenvalue weighted by molar-refractivity contribution is 5.74. The normalized spacial score (nSPS) is 26.0. The smallest absolute Gasteiger partial charge is 0.315 e. The molecule has 1 aliphatic heterocycles. The van der Waals surface area contributed by atoms with Crippen molar-refractivity contribution in [3.63, 3.8) is 0 Å². The first kappa shape index (κ1) is 12.3. The van der Waals surface area contributed by atoms with Crippen LogP contribution in [0.5, 0.6) is 0 Å². The minimum atomic E-state index is -0.0317. The third-order valence-electron chi connectivity index (χ3n) is 3.06. The Hall–Kier alpha value is -0.770. The fourth-order valence-electron chi connectivity index (χ4n) is 1.99. The fraction of sp³-hybridized carbons (Fsp3) is 0.909. The lowest BCUT2D eigenvalue weighted by molar-refractivity contribution is 0.206. The Morgan fingerprint density at radius 3 is 2.80 bits per heavy atom. The SMILES string of the molecule is CCCNC(=O)NC1(CC)CCCNC1. The summed E-state index contributed by atoms with van der Waals surface area (Å²) in [5.74, 6) is 0. The van der Waals surface area contributed by atoms with E-state index in [0.29, 0.717) is 0 Å². The number of rotatable bonds is 4. The van der Waals surface area contributed by atoms with Gasteiger partial charge in [-0.15, -0.1) is 0 Å². The van der Waals surface area contributed by atoms with Gasteiger partial charge in [-0.05, 0) is 32.2 Å². The van der Waals surface area contributed by atoms with Crippen molar-refractivity contribution < 1.29 is 4.79 Å². The van der Waals surface area contributed by atoms with Crippen molar-refractivity contribution in [1.29, 1.82) is 0 Å². The molecule has 1 rings (SSSR count). The second-order valence-corrected chi connectivity index (χ2v) is 4.30. The molecule has 1 heterocycles. The number of hydrogen-bond acceptors (Lipinski definition) is 2. The van der Waals surface area contributed by atoms with E-state index in [0.717, 1.165) is 45.3 Å². The van der Waals surface area contributed by atoms with Gasteiger partial charge in [0.05, 0.1) is 5.54 Å². The monoisotopic (exact) mass is 213 g/mol. The predicted octanol–water partition coefficient (Wildman–Crippen LogP) is 1.23. The van der Waals surface area contributed by atoms with Crippen molar-refractivity contribution in [1.82, 2.24) is 16.0 Å². The van der Waals surface area contributed by atoms with E-state index in [1.165, 1.54) is 0 Å². The molecular formula is C11H23N3O. The number of nitrogens with one attached hydrogen (secondary N) is 3. The molecule has 0 aliphatic carbocycles. The highest BCUT2D eigenvalue weighted by Crippen LogP contribution is 2.19. The van der Waals surface area contributed by atoms with Crippen LogP contribution in [-0.4, -0.2) is 31.2 Å². The van der Waals surface area contributed by atoms with E-state index in [1.807, 2.05) is 0 Å². The molecule has 1 saturated heterocycles. The Kier molecular flexibility index (Phi) is 4.88. The van der Waals surface area contributed by atoms with Crippen molar-refractivity contribution in [2.75, 3.05) is 19.6 Å². The van der Waals surface area contributed by atoms with Gasteiger partial charge in [0.2, 0.25) is 0 Å². The minimum absolute atomic E-state index is 0.0256. The third kappa shape index (κ3) is 3.70.